The number of fused-ring (bicyclic) bond motifs is 1. The summed E-state index contributed by atoms with van der Waals surface area (Å²) in [5.41, 5.74) is 0.275. The minimum atomic E-state index is -0.520. The molecule has 1 aliphatic carbocycles. The van der Waals surface area contributed by atoms with Gasteiger partial charge >= 0.3 is 0 Å². The van der Waals surface area contributed by atoms with Crippen molar-refractivity contribution in [1.29, 1.82) is 0 Å². The number of rotatable bonds is 3. The normalized spacial score (nSPS) is 29.3. The number of ketones is 1. The maximum atomic E-state index is 12.2. The van der Waals surface area contributed by atoms with E-state index in [0.29, 0.717) is 10.0 Å². The fourth-order valence-corrected chi connectivity index (χ4v) is 3.20. The monoisotopic (exact) mass is 296 g/mol. The van der Waals surface area contributed by atoms with Crippen molar-refractivity contribution in [3.8, 4) is 0 Å². The van der Waals surface area contributed by atoms with Gasteiger partial charge in [0.2, 0.25) is 0 Å². The molecule has 19 heavy (non-hydrogen) atoms. The second kappa shape index (κ2) is 4.93. The minimum absolute atomic E-state index is 0.0585. The van der Waals surface area contributed by atoms with Crippen LogP contribution < -0.4 is 0 Å². The van der Waals surface area contributed by atoms with E-state index in [0.717, 1.165) is 31.2 Å². The zero-order chi connectivity index (χ0) is 13.5. The molecule has 1 aliphatic heterocycles. The largest absolute Gasteiger partial charge is 0.357 e. The maximum absolute atomic E-state index is 12.2. The van der Waals surface area contributed by atoms with Crippen molar-refractivity contribution in [3.63, 3.8) is 0 Å². The molecule has 2 unspecified atom stereocenters. The maximum Gasteiger partial charge on any atom is 0.190 e. The van der Waals surface area contributed by atoms with Crippen LogP contribution in [0.5, 0.6) is 0 Å². The first-order valence-electron chi connectivity index (χ1n) is 6.47. The summed E-state index contributed by atoms with van der Waals surface area (Å²) in [7, 11) is 0. The van der Waals surface area contributed by atoms with Crippen molar-refractivity contribution < 1.29 is 9.53 Å². The Morgan fingerprint density at radius 1 is 1.37 bits per heavy atom. The van der Waals surface area contributed by atoms with E-state index in [4.69, 9.17) is 27.9 Å². The Bertz CT molecular complexity index is 553. The van der Waals surface area contributed by atoms with E-state index >= 15 is 0 Å². The quantitative estimate of drug-likeness (QED) is 0.615. The molecular weight excluding hydrogens is 283 g/mol. The van der Waals surface area contributed by atoms with Gasteiger partial charge in [0.15, 0.2) is 11.4 Å². The second-order valence-electron chi connectivity index (χ2n) is 5.11. The van der Waals surface area contributed by atoms with Crippen molar-refractivity contribution in [3.05, 3.63) is 39.9 Å². The molecule has 2 nitrogen and oxygen atoms in total. The van der Waals surface area contributed by atoms with E-state index in [-0.39, 0.29) is 11.9 Å². The molecule has 0 radical (unpaired) electrons. The Hall–Kier alpha value is -0.830. The predicted molar refractivity (Wildman–Crippen MR) is 76.6 cm³/mol. The van der Waals surface area contributed by atoms with E-state index in [1.54, 1.807) is 30.4 Å². The highest BCUT2D eigenvalue weighted by atomic mass is 35.5. The first-order chi connectivity index (χ1) is 9.12. The molecule has 2 aliphatic rings. The summed E-state index contributed by atoms with van der Waals surface area (Å²) in [6.45, 7) is 0. The van der Waals surface area contributed by atoms with E-state index in [2.05, 4.69) is 0 Å². The Labute approximate surface area is 122 Å². The second-order valence-corrected chi connectivity index (χ2v) is 5.95. The lowest BCUT2D eigenvalue weighted by Crippen LogP contribution is -2.28. The number of ether oxygens (including phenoxy) is 1. The molecule has 1 saturated heterocycles. The number of benzene rings is 1. The van der Waals surface area contributed by atoms with E-state index in [9.17, 15) is 4.79 Å². The molecule has 1 heterocycles. The number of halogens is 2. The molecule has 3 rings (SSSR count). The van der Waals surface area contributed by atoms with Crippen LogP contribution in [0.4, 0.5) is 0 Å². The molecule has 0 aromatic heterocycles. The molecule has 1 aromatic carbocycles. The highest BCUT2D eigenvalue weighted by Gasteiger charge is 2.61. The number of carbonyl (C=O) groups is 1. The molecule has 4 heteroatoms. The minimum Gasteiger partial charge on any atom is -0.357 e. The van der Waals surface area contributed by atoms with Gasteiger partial charge in [-0.1, -0.05) is 35.7 Å². The predicted octanol–water partition coefficient (Wildman–Crippen LogP) is 4.29. The van der Waals surface area contributed by atoms with Gasteiger partial charge in [-0.3, -0.25) is 4.79 Å². The lowest BCUT2D eigenvalue weighted by Gasteiger charge is -2.13. The highest BCUT2D eigenvalue weighted by molar-refractivity contribution is 6.35. The van der Waals surface area contributed by atoms with E-state index in [1.807, 2.05) is 0 Å². The van der Waals surface area contributed by atoms with Gasteiger partial charge in [-0.2, -0.15) is 0 Å². The molecule has 1 saturated carbocycles. The van der Waals surface area contributed by atoms with Crippen LogP contribution in [0.2, 0.25) is 10.0 Å². The van der Waals surface area contributed by atoms with Crippen LogP contribution in [-0.4, -0.2) is 17.5 Å². The van der Waals surface area contributed by atoms with Crippen LogP contribution in [-0.2, 0) is 9.53 Å². The summed E-state index contributed by atoms with van der Waals surface area (Å²) >= 11 is 11.9. The number of hydrogen-bond acceptors (Lipinski definition) is 2. The third-order valence-corrected chi connectivity index (χ3v) is 4.44. The van der Waals surface area contributed by atoms with Crippen molar-refractivity contribution in [2.24, 2.45) is 0 Å². The van der Waals surface area contributed by atoms with Gasteiger partial charge < -0.3 is 4.74 Å². The summed E-state index contributed by atoms with van der Waals surface area (Å²) in [5, 5.41) is 1.14. The van der Waals surface area contributed by atoms with Gasteiger partial charge in [0.05, 0.1) is 6.10 Å². The number of epoxide rings is 1. The first-order valence-corrected chi connectivity index (χ1v) is 7.23. The molecule has 2 atom stereocenters. The third kappa shape index (κ3) is 2.45. The van der Waals surface area contributed by atoms with Crippen LogP contribution in [0.25, 0.3) is 6.08 Å². The highest BCUT2D eigenvalue weighted by Crippen LogP contribution is 2.48. The molecular formula is C15H14Cl2O2. The first kappa shape index (κ1) is 13.2. The Balaban J connectivity index is 1.74. The lowest BCUT2D eigenvalue weighted by atomic mass is 9.86. The van der Waals surface area contributed by atoms with Crippen molar-refractivity contribution in [1.82, 2.24) is 0 Å². The van der Waals surface area contributed by atoms with Crippen LogP contribution in [0.3, 0.4) is 0 Å². The summed E-state index contributed by atoms with van der Waals surface area (Å²) in [6.07, 6.45) is 7.53. The van der Waals surface area contributed by atoms with Crippen LogP contribution in [0.1, 0.15) is 31.2 Å². The number of carbonyl (C=O) groups excluding carboxylic acids is 1. The van der Waals surface area contributed by atoms with Crippen molar-refractivity contribution in [2.45, 2.75) is 37.4 Å². The zero-order valence-electron chi connectivity index (χ0n) is 10.4. The fourth-order valence-electron chi connectivity index (χ4n) is 2.73. The molecule has 0 spiro atoms. The van der Waals surface area contributed by atoms with Gasteiger partial charge in [0.25, 0.3) is 0 Å². The average Bonchev–Trinajstić information content (AvgIpc) is 3.13. The van der Waals surface area contributed by atoms with Gasteiger partial charge in [-0.05, 0) is 49.1 Å². The van der Waals surface area contributed by atoms with Crippen LogP contribution in [0, 0.1) is 0 Å². The lowest BCUT2D eigenvalue weighted by molar-refractivity contribution is -0.119. The van der Waals surface area contributed by atoms with Gasteiger partial charge in [-0.25, -0.2) is 0 Å². The molecule has 0 N–H and O–H groups in total. The van der Waals surface area contributed by atoms with Crippen LogP contribution >= 0.6 is 23.2 Å². The fraction of sp³-hybridized carbons (Fsp3) is 0.400. The average molecular weight is 297 g/mol. The topological polar surface area (TPSA) is 29.6 Å². The van der Waals surface area contributed by atoms with Crippen LogP contribution in [0.15, 0.2) is 24.3 Å². The SMILES string of the molecule is O=C(/C=C/c1ccc(Cl)cc1Cl)C12CCCCC1O2. The van der Waals surface area contributed by atoms with Gasteiger partial charge in [-0.15, -0.1) is 0 Å². The molecule has 0 amide bonds. The summed E-state index contributed by atoms with van der Waals surface area (Å²) in [4.78, 5) is 12.2. The third-order valence-electron chi connectivity index (χ3n) is 3.87. The Morgan fingerprint density at radius 3 is 2.95 bits per heavy atom. The standard InChI is InChI=1S/C15H14Cl2O2/c16-11-6-4-10(12(17)9-11)5-7-13(18)15-8-2-1-3-14(15)19-15/h4-7,9,14H,1-3,8H2/b7-5+. The van der Waals surface area contributed by atoms with Gasteiger partial charge in [0.1, 0.15) is 0 Å². The van der Waals surface area contributed by atoms with E-state index in [1.165, 1.54) is 0 Å². The summed E-state index contributed by atoms with van der Waals surface area (Å²) in [6, 6.07) is 5.23. The zero-order valence-corrected chi connectivity index (χ0v) is 11.9. The van der Waals surface area contributed by atoms with Crippen molar-refractivity contribution >= 4 is 35.1 Å². The van der Waals surface area contributed by atoms with Crippen molar-refractivity contribution in [2.75, 3.05) is 0 Å². The summed E-state index contributed by atoms with van der Waals surface area (Å²) in [5.74, 6) is 0.0585. The van der Waals surface area contributed by atoms with E-state index < -0.39 is 5.60 Å². The Morgan fingerprint density at radius 2 is 2.21 bits per heavy atom. The smallest absolute Gasteiger partial charge is 0.190 e. The molecule has 1 aromatic rings. The molecule has 0 bridgehead atoms. The molecule has 100 valence electrons. The Kier molecular flexibility index (Phi) is 3.42. The number of hydrogen-bond donors (Lipinski definition) is 0. The molecule has 2 fully saturated rings. The summed E-state index contributed by atoms with van der Waals surface area (Å²) < 4.78 is 5.61. The van der Waals surface area contributed by atoms with Gasteiger partial charge in [0, 0.05) is 10.0 Å².